The second kappa shape index (κ2) is 11.0. The molecule has 0 radical (unpaired) electrons. The van der Waals surface area contributed by atoms with Crippen molar-refractivity contribution in [2.75, 3.05) is 57.9 Å². The molecule has 0 aliphatic carbocycles. The van der Waals surface area contributed by atoms with E-state index in [1.54, 1.807) is 18.9 Å². The van der Waals surface area contributed by atoms with Crippen molar-refractivity contribution in [1.29, 1.82) is 0 Å². The molecule has 1 unspecified atom stereocenters. The number of likely N-dealkylation sites (tertiary alicyclic amines) is 1. The van der Waals surface area contributed by atoms with Crippen molar-refractivity contribution >= 4 is 28.9 Å². The molecule has 178 valence electrons. The van der Waals surface area contributed by atoms with E-state index >= 15 is 0 Å². The van der Waals surface area contributed by atoms with Crippen LogP contribution in [0.4, 0.5) is 5.69 Å². The van der Waals surface area contributed by atoms with Gasteiger partial charge >= 0.3 is 5.97 Å². The van der Waals surface area contributed by atoms with Crippen molar-refractivity contribution in [2.24, 2.45) is 5.92 Å². The number of carbonyl (C=O) groups is 2. The first-order valence-corrected chi connectivity index (χ1v) is 12.5. The van der Waals surface area contributed by atoms with Gasteiger partial charge in [0.25, 0.3) is 5.91 Å². The van der Waals surface area contributed by atoms with Gasteiger partial charge in [0.05, 0.1) is 31.9 Å². The van der Waals surface area contributed by atoms with Gasteiger partial charge in [-0.05, 0) is 31.9 Å². The number of methoxy groups -OCH3 is 1. The molecule has 4 rings (SSSR count). The minimum Gasteiger partial charge on any atom is -0.495 e. The molecule has 0 bridgehead atoms. The fourth-order valence-corrected chi connectivity index (χ4v) is 5.30. The number of piperidine rings is 1. The topological polar surface area (TPSA) is 75.2 Å². The van der Waals surface area contributed by atoms with Crippen LogP contribution in [0.15, 0.2) is 29.6 Å². The highest BCUT2D eigenvalue weighted by atomic mass is 32.1. The highest BCUT2D eigenvalue weighted by Gasteiger charge is 2.31. The summed E-state index contributed by atoms with van der Waals surface area (Å²) >= 11 is 1.53. The summed E-state index contributed by atoms with van der Waals surface area (Å²) < 4.78 is 10.6. The number of rotatable bonds is 7. The number of esters is 1. The summed E-state index contributed by atoms with van der Waals surface area (Å²) in [6, 6.07) is 8.11. The Morgan fingerprint density at radius 1 is 1.15 bits per heavy atom. The molecule has 1 atom stereocenters. The van der Waals surface area contributed by atoms with Gasteiger partial charge in [0.15, 0.2) is 0 Å². The molecule has 2 fully saturated rings. The largest absolute Gasteiger partial charge is 0.495 e. The van der Waals surface area contributed by atoms with Crippen molar-refractivity contribution < 1.29 is 19.1 Å². The Hall–Kier alpha value is -2.65. The molecule has 1 aromatic carbocycles. The Labute approximate surface area is 199 Å². The zero-order valence-electron chi connectivity index (χ0n) is 19.4. The Morgan fingerprint density at radius 2 is 1.94 bits per heavy atom. The summed E-state index contributed by atoms with van der Waals surface area (Å²) in [6.07, 6.45) is 1.58. The van der Waals surface area contributed by atoms with Gasteiger partial charge in [-0.2, -0.15) is 0 Å². The molecule has 1 amide bonds. The zero-order chi connectivity index (χ0) is 23.2. The molecule has 2 saturated heterocycles. The van der Waals surface area contributed by atoms with Gasteiger partial charge in [0, 0.05) is 44.6 Å². The molecule has 2 aromatic rings. The summed E-state index contributed by atoms with van der Waals surface area (Å²) in [4.78, 5) is 36.2. The van der Waals surface area contributed by atoms with Gasteiger partial charge in [0.1, 0.15) is 16.5 Å². The molecule has 8 nitrogen and oxygen atoms in total. The minimum absolute atomic E-state index is 0.0903. The first-order valence-electron chi connectivity index (χ1n) is 11.6. The number of anilines is 1. The molecule has 9 heteroatoms. The first kappa shape index (κ1) is 23.5. The summed E-state index contributed by atoms with van der Waals surface area (Å²) in [5.41, 5.74) is 1.61. The van der Waals surface area contributed by atoms with Gasteiger partial charge in [-0.1, -0.05) is 12.1 Å². The predicted molar refractivity (Wildman–Crippen MR) is 128 cm³/mol. The molecule has 3 heterocycles. The lowest BCUT2D eigenvalue weighted by molar-refractivity contribution is -0.149. The van der Waals surface area contributed by atoms with Crippen LogP contribution in [-0.2, 0) is 16.1 Å². The van der Waals surface area contributed by atoms with Gasteiger partial charge in [-0.15, -0.1) is 11.3 Å². The number of piperazine rings is 1. The van der Waals surface area contributed by atoms with E-state index in [1.807, 2.05) is 23.6 Å². The predicted octanol–water partition coefficient (Wildman–Crippen LogP) is 2.89. The number of hydrogen-bond acceptors (Lipinski definition) is 8. The van der Waals surface area contributed by atoms with Crippen molar-refractivity contribution in [3.05, 3.63) is 40.3 Å². The average molecular weight is 473 g/mol. The van der Waals surface area contributed by atoms with Crippen molar-refractivity contribution in [3.63, 3.8) is 0 Å². The quantitative estimate of drug-likeness (QED) is 0.574. The maximum atomic E-state index is 13.0. The monoisotopic (exact) mass is 472 g/mol. The van der Waals surface area contributed by atoms with Gasteiger partial charge in [-0.3, -0.25) is 14.5 Å². The van der Waals surface area contributed by atoms with Crippen LogP contribution < -0.4 is 9.64 Å². The molecule has 2 aliphatic heterocycles. The number of carbonyl (C=O) groups excluding carboxylic acids is 2. The Balaban J connectivity index is 1.30. The number of hydrogen-bond donors (Lipinski definition) is 0. The van der Waals surface area contributed by atoms with E-state index in [0.717, 1.165) is 62.0 Å². The highest BCUT2D eigenvalue weighted by Crippen LogP contribution is 2.28. The van der Waals surface area contributed by atoms with Gasteiger partial charge in [0.2, 0.25) is 0 Å². The lowest BCUT2D eigenvalue weighted by Crippen LogP contribution is -2.46. The van der Waals surface area contributed by atoms with E-state index < -0.39 is 0 Å². The molecule has 0 N–H and O–H groups in total. The van der Waals surface area contributed by atoms with E-state index in [0.29, 0.717) is 25.4 Å². The molecule has 2 aliphatic rings. The van der Waals surface area contributed by atoms with Crippen LogP contribution in [-0.4, -0.2) is 79.6 Å². The maximum Gasteiger partial charge on any atom is 0.310 e. The number of amides is 1. The van der Waals surface area contributed by atoms with Crippen molar-refractivity contribution in [2.45, 2.75) is 26.3 Å². The van der Waals surface area contributed by atoms with Crippen LogP contribution in [0.1, 0.15) is 35.3 Å². The van der Waals surface area contributed by atoms with E-state index in [1.165, 1.54) is 11.3 Å². The number of benzene rings is 1. The molecular formula is C24H32N4O4S. The second-order valence-electron chi connectivity index (χ2n) is 8.40. The van der Waals surface area contributed by atoms with E-state index in [9.17, 15) is 9.59 Å². The van der Waals surface area contributed by atoms with Crippen LogP contribution in [0.5, 0.6) is 5.75 Å². The van der Waals surface area contributed by atoms with E-state index in [4.69, 9.17) is 9.47 Å². The van der Waals surface area contributed by atoms with Crippen LogP contribution in [0.3, 0.4) is 0 Å². The minimum atomic E-state index is -0.236. The SMILES string of the molecule is CCOC(=O)C1CCCN(C(=O)c2csc(CN3CCN(c4ccccc4OC)CC3)n2)C1. The lowest BCUT2D eigenvalue weighted by atomic mass is 9.98. The van der Waals surface area contributed by atoms with Gasteiger partial charge < -0.3 is 19.3 Å². The molecular weight excluding hydrogens is 440 g/mol. The fraction of sp³-hybridized carbons (Fsp3) is 0.542. The van der Waals surface area contributed by atoms with E-state index in [-0.39, 0.29) is 17.8 Å². The third-order valence-electron chi connectivity index (χ3n) is 6.26. The first-order chi connectivity index (χ1) is 16.1. The molecule has 0 spiro atoms. The maximum absolute atomic E-state index is 13.0. The number of ether oxygens (including phenoxy) is 2. The Bertz CT molecular complexity index is 957. The van der Waals surface area contributed by atoms with E-state index in [2.05, 4.69) is 20.9 Å². The van der Waals surface area contributed by atoms with Crippen LogP contribution in [0.25, 0.3) is 0 Å². The third kappa shape index (κ3) is 5.65. The second-order valence-corrected chi connectivity index (χ2v) is 9.35. The van der Waals surface area contributed by atoms with Crippen molar-refractivity contribution in [1.82, 2.24) is 14.8 Å². The molecule has 1 aromatic heterocycles. The highest BCUT2D eigenvalue weighted by molar-refractivity contribution is 7.09. The summed E-state index contributed by atoms with van der Waals surface area (Å²) in [6.45, 7) is 7.67. The zero-order valence-corrected chi connectivity index (χ0v) is 20.2. The average Bonchev–Trinajstić information content (AvgIpc) is 3.32. The van der Waals surface area contributed by atoms with Crippen molar-refractivity contribution in [3.8, 4) is 5.75 Å². The Kier molecular flexibility index (Phi) is 7.82. The summed E-state index contributed by atoms with van der Waals surface area (Å²) in [7, 11) is 1.71. The number of aromatic nitrogens is 1. The number of para-hydroxylation sites is 2. The van der Waals surface area contributed by atoms with Gasteiger partial charge in [-0.25, -0.2) is 4.98 Å². The fourth-order valence-electron chi connectivity index (χ4n) is 4.49. The standard InChI is InChI=1S/C24H32N4O4S/c1-3-32-24(30)18-7-6-10-28(15-18)23(29)19-17-33-22(25-19)16-26-11-13-27(14-12-26)20-8-4-5-9-21(20)31-2/h4-5,8-9,17-18H,3,6-7,10-16H2,1-2H3. The number of thiazole rings is 1. The summed E-state index contributed by atoms with van der Waals surface area (Å²) in [5.74, 6) is 0.367. The normalized spacial score (nSPS) is 19.4. The Morgan fingerprint density at radius 3 is 2.70 bits per heavy atom. The smallest absolute Gasteiger partial charge is 0.310 e. The van der Waals surface area contributed by atoms with Crippen LogP contribution >= 0.6 is 11.3 Å². The summed E-state index contributed by atoms with van der Waals surface area (Å²) in [5, 5.41) is 2.79. The lowest BCUT2D eigenvalue weighted by Gasteiger charge is -2.36. The molecule has 33 heavy (non-hydrogen) atoms. The van der Waals surface area contributed by atoms with Crippen LogP contribution in [0, 0.1) is 5.92 Å². The third-order valence-corrected chi connectivity index (χ3v) is 7.09. The van der Waals surface area contributed by atoms with Crippen LogP contribution in [0.2, 0.25) is 0 Å². The molecule has 0 saturated carbocycles. The number of nitrogens with zero attached hydrogens (tertiary/aromatic N) is 4.